The van der Waals surface area contributed by atoms with Gasteiger partial charge in [-0.25, -0.2) is 4.39 Å². The van der Waals surface area contributed by atoms with Gasteiger partial charge >= 0.3 is 0 Å². The summed E-state index contributed by atoms with van der Waals surface area (Å²) in [5, 5.41) is 14.5. The van der Waals surface area contributed by atoms with Gasteiger partial charge in [-0.2, -0.15) is 0 Å². The Labute approximate surface area is 182 Å². The van der Waals surface area contributed by atoms with Crippen LogP contribution in [0.25, 0.3) is 0 Å². The second kappa shape index (κ2) is 6.17. The van der Waals surface area contributed by atoms with E-state index in [-0.39, 0.29) is 16.8 Å². The Bertz CT molecular complexity index is 1100. The molecule has 4 N–H and O–H groups in total. The molecule has 2 aromatic rings. The van der Waals surface area contributed by atoms with Crippen LogP contribution in [0.4, 0.5) is 10.1 Å². The van der Waals surface area contributed by atoms with Crippen molar-refractivity contribution in [2.45, 2.75) is 36.1 Å². The van der Waals surface area contributed by atoms with Gasteiger partial charge in [0.2, 0.25) is 5.91 Å². The molecule has 7 atom stereocenters. The third-order valence-electron chi connectivity index (χ3n) is 7.54. The first-order valence-electron chi connectivity index (χ1n) is 10.1. The molecule has 2 saturated heterocycles. The van der Waals surface area contributed by atoms with E-state index in [1.807, 2.05) is 11.0 Å². The molecule has 3 aliphatic heterocycles. The van der Waals surface area contributed by atoms with Crippen molar-refractivity contribution < 1.29 is 14.3 Å². The number of hydrogen-bond donors (Lipinski definition) is 3. The Kier molecular flexibility index (Phi) is 3.91. The van der Waals surface area contributed by atoms with E-state index in [2.05, 4.69) is 5.32 Å². The molecule has 4 aliphatic rings. The van der Waals surface area contributed by atoms with Crippen LogP contribution in [0.3, 0.4) is 0 Å². The van der Waals surface area contributed by atoms with Crippen LogP contribution in [0.2, 0.25) is 10.0 Å². The molecule has 0 radical (unpaired) electrons. The van der Waals surface area contributed by atoms with Gasteiger partial charge in [0.1, 0.15) is 11.4 Å². The molecule has 8 heteroatoms. The van der Waals surface area contributed by atoms with Gasteiger partial charge in [-0.15, -0.1) is 0 Å². The SMILES string of the molecule is N[C@H]1[C@H]2[C@H](O)C3CC3CN2[C@]2(C(=O)Nc3cc(Cl)ccc32)[C@@H]1c1cccc(Cl)c1F. The van der Waals surface area contributed by atoms with Crippen molar-refractivity contribution in [3.63, 3.8) is 0 Å². The number of carbonyl (C=O) groups is 1. The van der Waals surface area contributed by atoms with E-state index in [1.54, 1.807) is 24.3 Å². The van der Waals surface area contributed by atoms with Crippen molar-refractivity contribution in [1.29, 1.82) is 0 Å². The molecule has 0 bridgehead atoms. The van der Waals surface area contributed by atoms with Crippen LogP contribution in [0.5, 0.6) is 0 Å². The molecule has 5 nitrogen and oxygen atoms in total. The highest BCUT2D eigenvalue weighted by atomic mass is 35.5. The summed E-state index contributed by atoms with van der Waals surface area (Å²) in [7, 11) is 0. The Balaban J connectivity index is 1.64. The average molecular weight is 448 g/mol. The highest BCUT2D eigenvalue weighted by Crippen LogP contribution is 2.62. The standard InChI is InChI=1S/C22H20Cl2FN3O2/c23-10-4-5-13-15(7-10)27-21(30)22(13)16(11-2-1-3-14(24)17(11)25)18(26)19-20(29)12-6-9(12)8-28(19)22/h1-5,7,9,12,16,18-20,29H,6,8,26H2,(H,27,30)/t9?,12?,16-,18-,19+,20-,22+/m1/s1. The first-order chi connectivity index (χ1) is 14.4. The Morgan fingerprint density at radius 3 is 2.87 bits per heavy atom. The lowest BCUT2D eigenvalue weighted by atomic mass is 9.73. The molecule has 6 rings (SSSR count). The lowest BCUT2D eigenvalue weighted by Gasteiger charge is -2.42. The maximum atomic E-state index is 15.3. The van der Waals surface area contributed by atoms with Crippen LogP contribution >= 0.6 is 23.2 Å². The van der Waals surface area contributed by atoms with Gasteiger partial charge in [-0.05, 0) is 42.0 Å². The molecule has 2 unspecified atom stereocenters. The summed E-state index contributed by atoms with van der Waals surface area (Å²) in [6, 6.07) is 8.92. The average Bonchev–Trinajstić information content (AvgIpc) is 3.37. The number of nitrogens with zero attached hydrogens (tertiary/aromatic N) is 1. The molecule has 3 heterocycles. The van der Waals surface area contributed by atoms with Gasteiger partial charge in [-0.3, -0.25) is 9.69 Å². The summed E-state index contributed by atoms with van der Waals surface area (Å²) in [5.74, 6) is -1.06. The van der Waals surface area contributed by atoms with Crippen molar-refractivity contribution in [3.8, 4) is 0 Å². The third-order valence-corrected chi connectivity index (χ3v) is 8.07. The number of nitrogens with two attached hydrogens (primary N) is 1. The number of piperidine rings is 1. The van der Waals surface area contributed by atoms with Crippen molar-refractivity contribution in [2.75, 3.05) is 11.9 Å². The molecule has 2 aromatic carbocycles. The highest BCUT2D eigenvalue weighted by molar-refractivity contribution is 6.31. The van der Waals surface area contributed by atoms with Crippen LogP contribution in [-0.2, 0) is 10.3 Å². The number of amides is 1. The number of anilines is 1. The number of aliphatic hydroxyl groups excluding tert-OH is 1. The summed E-state index contributed by atoms with van der Waals surface area (Å²) in [6.07, 6.45) is 0.259. The topological polar surface area (TPSA) is 78.6 Å². The molecule has 0 aromatic heterocycles. The number of hydrogen-bond acceptors (Lipinski definition) is 4. The van der Waals surface area contributed by atoms with E-state index < -0.39 is 35.5 Å². The van der Waals surface area contributed by atoms with Crippen LogP contribution < -0.4 is 11.1 Å². The minimum atomic E-state index is -1.23. The summed E-state index contributed by atoms with van der Waals surface area (Å²) in [5.41, 5.74) is 7.12. The number of nitrogens with one attached hydrogen (secondary N) is 1. The minimum absolute atomic E-state index is 0.0159. The second-order valence-electron chi connectivity index (χ2n) is 8.90. The maximum absolute atomic E-state index is 15.3. The van der Waals surface area contributed by atoms with Gasteiger partial charge in [0, 0.05) is 34.8 Å². The second-order valence-corrected chi connectivity index (χ2v) is 9.75. The summed E-state index contributed by atoms with van der Waals surface area (Å²) in [6.45, 7) is 0.633. The van der Waals surface area contributed by atoms with Crippen LogP contribution in [0.15, 0.2) is 36.4 Å². The summed E-state index contributed by atoms with van der Waals surface area (Å²) >= 11 is 12.3. The van der Waals surface area contributed by atoms with Gasteiger partial charge in [-0.1, -0.05) is 41.4 Å². The minimum Gasteiger partial charge on any atom is -0.391 e. The highest BCUT2D eigenvalue weighted by Gasteiger charge is 2.71. The smallest absolute Gasteiger partial charge is 0.250 e. The van der Waals surface area contributed by atoms with Gasteiger partial charge in [0.15, 0.2) is 0 Å². The van der Waals surface area contributed by atoms with E-state index in [1.165, 1.54) is 6.07 Å². The zero-order valence-electron chi connectivity index (χ0n) is 15.9. The van der Waals surface area contributed by atoms with Crippen LogP contribution in [-0.4, -0.2) is 40.6 Å². The number of rotatable bonds is 1. The fourth-order valence-electron chi connectivity index (χ4n) is 6.26. The van der Waals surface area contributed by atoms with Gasteiger partial charge in [0.05, 0.1) is 17.2 Å². The van der Waals surface area contributed by atoms with E-state index in [0.29, 0.717) is 34.3 Å². The zero-order chi connectivity index (χ0) is 20.9. The fourth-order valence-corrected chi connectivity index (χ4v) is 6.61. The van der Waals surface area contributed by atoms with Crippen LogP contribution in [0.1, 0.15) is 23.5 Å². The predicted octanol–water partition coefficient (Wildman–Crippen LogP) is 3.09. The molecule has 30 heavy (non-hydrogen) atoms. The van der Waals surface area contributed by atoms with Crippen molar-refractivity contribution >= 4 is 34.8 Å². The summed E-state index contributed by atoms with van der Waals surface area (Å²) in [4.78, 5) is 15.7. The third kappa shape index (κ3) is 2.21. The monoisotopic (exact) mass is 447 g/mol. The first kappa shape index (κ1) is 19.0. The van der Waals surface area contributed by atoms with Gasteiger partial charge in [0.25, 0.3) is 0 Å². The predicted molar refractivity (Wildman–Crippen MR) is 112 cm³/mol. The number of benzene rings is 2. The quantitative estimate of drug-likeness (QED) is 0.627. The van der Waals surface area contributed by atoms with Gasteiger partial charge < -0.3 is 16.2 Å². The van der Waals surface area contributed by atoms with Crippen molar-refractivity contribution in [2.24, 2.45) is 17.6 Å². The molecular weight excluding hydrogens is 428 g/mol. The molecule has 1 saturated carbocycles. The van der Waals surface area contributed by atoms with E-state index in [4.69, 9.17) is 28.9 Å². The molecule has 3 fully saturated rings. The van der Waals surface area contributed by atoms with E-state index in [0.717, 1.165) is 6.42 Å². The largest absolute Gasteiger partial charge is 0.391 e. The molecule has 1 amide bonds. The fraction of sp³-hybridized carbons (Fsp3) is 0.409. The number of aliphatic hydroxyl groups is 1. The first-order valence-corrected chi connectivity index (χ1v) is 10.9. The van der Waals surface area contributed by atoms with E-state index in [9.17, 15) is 9.90 Å². The summed E-state index contributed by atoms with van der Waals surface area (Å²) < 4.78 is 15.3. The normalized spacial score (nSPS) is 38.9. The Morgan fingerprint density at radius 1 is 1.27 bits per heavy atom. The molecule has 156 valence electrons. The molecule has 1 spiro atoms. The van der Waals surface area contributed by atoms with E-state index >= 15 is 4.39 Å². The number of fused-ring (bicyclic) bond motifs is 5. The van der Waals surface area contributed by atoms with Crippen molar-refractivity contribution in [1.82, 2.24) is 4.90 Å². The Hall–Kier alpha value is -1.70. The van der Waals surface area contributed by atoms with Crippen LogP contribution in [0, 0.1) is 17.7 Å². The zero-order valence-corrected chi connectivity index (χ0v) is 17.4. The number of halogens is 3. The number of carbonyl (C=O) groups excluding carboxylic acids is 1. The van der Waals surface area contributed by atoms with Crippen molar-refractivity contribution in [3.05, 3.63) is 63.4 Å². The lowest BCUT2D eigenvalue weighted by molar-refractivity contribution is -0.130. The Morgan fingerprint density at radius 2 is 2.07 bits per heavy atom. The maximum Gasteiger partial charge on any atom is 0.250 e. The molecular formula is C22H20Cl2FN3O2. The lowest BCUT2D eigenvalue weighted by Crippen LogP contribution is -2.58. The molecule has 1 aliphatic carbocycles.